The third-order valence-electron chi connectivity index (χ3n) is 3.51. The molecule has 0 fully saturated rings. The number of hydrogen-bond acceptors (Lipinski definition) is 2. The summed E-state index contributed by atoms with van der Waals surface area (Å²) in [7, 11) is 0. The summed E-state index contributed by atoms with van der Waals surface area (Å²) in [6.07, 6.45) is -4.36. The van der Waals surface area contributed by atoms with Crippen LogP contribution in [-0.2, 0) is 0 Å². The lowest BCUT2D eigenvalue weighted by Crippen LogP contribution is -2.35. The highest BCUT2D eigenvalue weighted by atomic mass is 19.4. The Kier molecular flexibility index (Phi) is 2.96. The van der Waals surface area contributed by atoms with Crippen molar-refractivity contribution in [3.05, 3.63) is 47.7 Å². The molecule has 1 aromatic carbocycles. The Morgan fingerprint density at radius 3 is 2.60 bits per heavy atom. The highest BCUT2D eigenvalue weighted by Gasteiger charge is 2.46. The molecule has 106 valence electrons. The second kappa shape index (κ2) is 4.54. The number of fused-ring (bicyclic) bond motifs is 1. The summed E-state index contributed by atoms with van der Waals surface area (Å²) in [5, 5.41) is 7.10. The number of rotatable bonds is 1. The average molecular weight is 281 g/mol. The Morgan fingerprint density at radius 2 is 1.95 bits per heavy atom. The number of aromatic nitrogens is 2. The number of halogens is 3. The predicted octanol–water partition coefficient (Wildman–Crippen LogP) is 3.85. The van der Waals surface area contributed by atoms with Gasteiger partial charge < -0.3 is 5.32 Å². The molecule has 0 bridgehead atoms. The van der Waals surface area contributed by atoms with Crippen molar-refractivity contribution in [2.75, 3.05) is 5.32 Å². The van der Waals surface area contributed by atoms with Gasteiger partial charge in [-0.3, -0.25) is 0 Å². The Balaban J connectivity index is 2.00. The molecule has 1 aliphatic rings. The van der Waals surface area contributed by atoms with Crippen LogP contribution in [0, 0.1) is 6.92 Å². The van der Waals surface area contributed by atoms with Crippen molar-refractivity contribution in [2.45, 2.75) is 31.6 Å². The van der Waals surface area contributed by atoms with E-state index in [1.54, 1.807) is 13.0 Å². The first kappa shape index (κ1) is 13.0. The first-order chi connectivity index (χ1) is 9.45. The van der Waals surface area contributed by atoms with Crippen LogP contribution < -0.4 is 5.32 Å². The smallest absolute Gasteiger partial charge is 0.363 e. The largest absolute Gasteiger partial charge is 0.410 e. The molecule has 1 aromatic heterocycles. The van der Waals surface area contributed by atoms with Crippen LogP contribution in [0.3, 0.4) is 0 Å². The third kappa shape index (κ3) is 2.26. The minimum Gasteiger partial charge on any atom is -0.363 e. The van der Waals surface area contributed by atoms with E-state index in [0.717, 1.165) is 10.2 Å². The van der Waals surface area contributed by atoms with Gasteiger partial charge in [0.2, 0.25) is 0 Å². The molecule has 0 amide bonds. The van der Waals surface area contributed by atoms with Gasteiger partial charge in [-0.15, -0.1) is 0 Å². The minimum atomic E-state index is -4.30. The zero-order valence-corrected chi connectivity index (χ0v) is 10.9. The van der Waals surface area contributed by atoms with Crippen molar-refractivity contribution >= 4 is 5.82 Å². The normalized spacial score (nSPS) is 22.2. The molecule has 0 spiro atoms. The van der Waals surface area contributed by atoms with Crippen molar-refractivity contribution in [3.8, 4) is 0 Å². The zero-order chi connectivity index (χ0) is 14.3. The molecular formula is C14H14F3N3. The monoisotopic (exact) mass is 281 g/mol. The number of nitrogens with zero attached hydrogens (tertiary/aromatic N) is 2. The van der Waals surface area contributed by atoms with Crippen molar-refractivity contribution in [1.82, 2.24) is 9.78 Å². The maximum atomic E-state index is 13.2. The fraction of sp³-hybridized carbons (Fsp3) is 0.357. The molecule has 0 aliphatic carbocycles. The van der Waals surface area contributed by atoms with Crippen LogP contribution in [0.25, 0.3) is 0 Å². The van der Waals surface area contributed by atoms with Crippen LogP contribution in [0.1, 0.15) is 29.8 Å². The third-order valence-corrected chi connectivity index (χ3v) is 3.51. The molecule has 2 aromatic rings. The molecule has 2 heterocycles. The van der Waals surface area contributed by atoms with Gasteiger partial charge in [-0.05, 0) is 12.5 Å². The Hall–Kier alpha value is -1.98. The molecule has 0 saturated heterocycles. The van der Waals surface area contributed by atoms with Gasteiger partial charge >= 0.3 is 6.18 Å². The van der Waals surface area contributed by atoms with Gasteiger partial charge in [0.15, 0.2) is 6.04 Å². The topological polar surface area (TPSA) is 29.9 Å². The van der Waals surface area contributed by atoms with Crippen LogP contribution in [0.4, 0.5) is 19.0 Å². The molecule has 0 unspecified atom stereocenters. The highest BCUT2D eigenvalue weighted by molar-refractivity contribution is 5.43. The van der Waals surface area contributed by atoms with E-state index in [9.17, 15) is 13.2 Å². The molecule has 3 nitrogen and oxygen atoms in total. The molecular weight excluding hydrogens is 267 g/mol. The fourth-order valence-corrected chi connectivity index (χ4v) is 2.60. The zero-order valence-electron chi connectivity index (χ0n) is 10.9. The van der Waals surface area contributed by atoms with Crippen molar-refractivity contribution in [3.63, 3.8) is 0 Å². The van der Waals surface area contributed by atoms with E-state index in [1.807, 2.05) is 30.3 Å². The summed E-state index contributed by atoms with van der Waals surface area (Å²) >= 11 is 0. The van der Waals surface area contributed by atoms with Gasteiger partial charge in [0.1, 0.15) is 5.82 Å². The summed E-state index contributed by atoms with van der Waals surface area (Å²) in [5.41, 5.74) is 1.43. The summed E-state index contributed by atoms with van der Waals surface area (Å²) in [4.78, 5) is 0. The van der Waals surface area contributed by atoms with Gasteiger partial charge in [0.05, 0.1) is 11.7 Å². The van der Waals surface area contributed by atoms with Crippen LogP contribution in [0.2, 0.25) is 0 Å². The quantitative estimate of drug-likeness (QED) is 0.860. The molecule has 1 N–H and O–H groups in total. The van der Waals surface area contributed by atoms with Crippen LogP contribution >= 0.6 is 0 Å². The molecule has 2 atom stereocenters. The van der Waals surface area contributed by atoms with Gasteiger partial charge in [-0.25, -0.2) is 4.68 Å². The number of nitrogens with one attached hydrogen (secondary N) is 1. The number of aryl methyl sites for hydroxylation is 1. The SMILES string of the molecule is Cc1cc2n(n1)[C@H](C(F)(F)F)C[C@H](c1ccccc1)N2. The van der Waals surface area contributed by atoms with Crippen LogP contribution in [0.15, 0.2) is 36.4 Å². The summed E-state index contributed by atoms with van der Waals surface area (Å²) < 4.78 is 40.7. The number of benzene rings is 1. The predicted molar refractivity (Wildman–Crippen MR) is 69.5 cm³/mol. The van der Waals surface area contributed by atoms with Crippen molar-refractivity contribution in [1.29, 1.82) is 0 Å². The second-order valence-corrected chi connectivity index (χ2v) is 5.02. The highest BCUT2D eigenvalue weighted by Crippen LogP contribution is 2.43. The summed E-state index contributed by atoms with van der Waals surface area (Å²) in [6.45, 7) is 1.69. The van der Waals surface area contributed by atoms with Gasteiger partial charge in [-0.2, -0.15) is 18.3 Å². The average Bonchev–Trinajstić information content (AvgIpc) is 2.77. The summed E-state index contributed by atoms with van der Waals surface area (Å²) in [6, 6.07) is 8.89. The molecule has 3 rings (SSSR count). The summed E-state index contributed by atoms with van der Waals surface area (Å²) in [5.74, 6) is 0.421. The van der Waals surface area contributed by atoms with Gasteiger partial charge in [0, 0.05) is 12.5 Å². The van der Waals surface area contributed by atoms with Crippen LogP contribution in [-0.4, -0.2) is 16.0 Å². The molecule has 0 saturated carbocycles. The van der Waals surface area contributed by atoms with Crippen molar-refractivity contribution < 1.29 is 13.2 Å². The number of anilines is 1. The van der Waals surface area contributed by atoms with E-state index < -0.39 is 12.2 Å². The minimum absolute atomic E-state index is 0.0539. The lowest BCUT2D eigenvalue weighted by molar-refractivity contribution is -0.173. The Bertz CT molecular complexity index is 604. The van der Waals surface area contributed by atoms with E-state index in [4.69, 9.17) is 0 Å². The van der Waals surface area contributed by atoms with E-state index in [1.165, 1.54) is 0 Å². The number of hydrogen-bond donors (Lipinski definition) is 1. The lowest BCUT2D eigenvalue weighted by atomic mass is 9.97. The van der Waals surface area contributed by atoms with Crippen molar-refractivity contribution in [2.24, 2.45) is 0 Å². The fourth-order valence-electron chi connectivity index (χ4n) is 2.60. The first-order valence-electron chi connectivity index (χ1n) is 6.39. The Labute approximate surface area is 114 Å². The van der Waals surface area contributed by atoms with E-state index in [2.05, 4.69) is 10.4 Å². The first-order valence-corrected chi connectivity index (χ1v) is 6.39. The Morgan fingerprint density at radius 1 is 1.25 bits per heavy atom. The standard InChI is InChI=1S/C14H14F3N3/c1-9-7-13-18-11(10-5-3-2-4-6-10)8-12(14(15,16)17)20(13)19-9/h2-7,11-12,18H,8H2,1H3/t11-,12+/m1/s1. The number of alkyl halides is 3. The molecule has 0 radical (unpaired) electrons. The van der Waals surface area contributed by atoms with E-state index >= 15 is 0 Å². The van der Waals surface area contributed by atoms with Gasteiger partial charge in [0.25, 0.3) is 0 Å². The van der Waals surface area contributed by atoms with E-state index in [-0.39, 0.29) is 12.5 Å². The van der Waals surface area contributed by atoms with E-state index in [0.29, 0.717) is 11.5 Å². The molecule has 1 aliphatic heterocycles. The maximum Gasteiger partial charge on any atom is 0.410 e. The molecule has 20 heavy (non-hydrogen) atoms. The lowest BCUT2D eigenvalue weighted by Gasteiger charge is -2.33. The second-order valence-electron chi connectivity index (χ2n) is 5.02. The van der Waals surface area contributed by atoms with Crippen LogP contribution in [0.5, 0.6) is 0 Å². The van der Waals surface area contributed by atoms with Gasteiger partial charge in [-0.1, -0.05) is 30.3 Å². The molecule has 6 heteroatoms. The maximum absolute atomic E-state index is 13.2.